The van der Waals surface area contributed by atoms with Gasteiger partial charge < -0.3 is 31.5 Å². The molecule has 6 N–H and O–H groups in total. The lowest BCUT2D eigenvalue weighted by Gasteiger charge is -2.41. The van der Waals surface area contributed by atoms with Crippen LogP contribution in [0.1, 0.15) is 81.0 Å². The normalized spacial score (nSPS) is 14.4. The number of benzene rings is 2. The minimum absolute atomic E-state index is 0. The summed E-state index contributed by atoms with van der Waals surface area (Å²) in [5.41, 5.74) is -0.723. The highest BCUT2D eigenvalue weighted by Crippen LogP contribution is 2.37. The molecule has 16 heteroatoms. The smallest absolute Gasteiger partial charge is 0.329 e. The predicted octanol–water partition coefficient (Wildman–Crippen LogP) is 5.64. The third-order valence-corrected chi connectivity index (χ3v) is 7.15. The largest absolute Gasteiger partial charge is 0.480 e. The summed E-state index contributed by atoms with van der Waals surface area (Å²) in [6.45, 7) is 1.54. The van der Waals surface area contributed by atoms with E-state index in [1.165, 1.54) is 38.4 Å². The van der Waals surface area contributed by atoms with Gasteiger partial charge in [0.15, 0.2) is 5.78 Å². The lowest BCUT2D eigenvalue weighted by molar-refractivity contribution is -0.145. The molecule has 2 aromatic rings. The van der Waals surface area contributed by atoms with Crippen molar-refractivity contribution in [3.05, 3.63) is 59.2 Å². The number of aliphatic hydroxyl groups excluding tert-OH is 1. The van der Waals surface area contributed by atoms with Crippen molar-refractivity contribution in [3.8, 4) is 0 Å². The summed E-state index contributed by atoms with van der Waals surface area (Å²) in [4.78, 5) is 45.6. The van der Waals surface area contributed by atoms with E-state index in [1.807, 2.05) is 0 Å². The van der Waals surface area contributed by atoms with Gasteiger partial charge in [-0.05, 0) is 81.8 Å². The maximum absolute atomic E-state index is 13.8. The summed E-state index contributed by atoms with van der Waals surface area (Å²) >= 11 is 0. The topological polar surface area (TPSA) is 174 Å². The van der Waals surface area contributed by atoms with Gasteiger partial charge >= 0.3 is 5.97 Å². The van der Waals surface area contributed by atoms with Crippen LogP contribution in [-0.4, -0.2) is 70.3 Å². The first-order valence-electron chi connectivity index (χ1n) is 13.2. The SMILES string of the molecule is C.C.CNC(=O)c1ccc(NC2(C(=O)O)CCC2)cc1F.CNC(=O)c1ccc(NC2(C(C)=O)CCC2)cc1F.CO.O=S(Cl)Cl. The zero-order valence-electron chi connectivity index (χ0n) is 24.6. The number of aliphatic hydroxyl groups is 1. The molecule has 0 unspecified atom stereocenters. The van der Waals surface area contributed by atoms with E-state index in [1.54, 1.807) is 13.0 Å². The summed E-state index contributed by atoms with van der Waals surface area (Å²) in [5, 5.41) is 26.8. The molecule has 0 aliphatic heterocycles. The van der Waals surface area contributed by atoms with Crippen molar-refractivity contribution >= 4 is 65.5 Å². The fourth-order valence-electron chi connectivity index (χ4n) is 4.39. The zero-order chi connectivity index (χ0) is 33.7. The van der Waals surface area contributed by atoms with E-state index in [0.29, 0.717) is 24.2 Å². The molecule has 2 aliphatic carbocycles. The van der Waals surface area contributed by atoms with Crippen LogP contribution in [0.5, 0.6) is 0 Å². The Morgan fingerprint density at radius 2 is 1.09 bits per heavy atom. The van der Waals surface area contributed by atoms with Crippen LogP contribution in [0.25, 0.3) is 0 Å². The summed E-state index contributed by atoms with van der Waals surface area (Å²) in [6, 6.07) is 8.29. The maximum Gasteiger partial charge on any atom is 0.329 e. The van der Waals surface area contributed by atoms with E-state index in [-0.39, 0.29) is 31.8 Å². The number of carbonyl (C=O) groups is 4. The van der Waals surface area contributed by atoms with Crippen molar-refractivity contribution in [2.24, 2.45) is 0 Å². The summed E-state index contributed by atoms with van der Waals surface area (Å²) in [5.74, 6) is -3.12. The number of nitrogens with one attached hydrogen (secondary N) is 4. The van der Waals surface area contributed by atoms with E-state index in [4.69, 9.17) is 9.32 Å². The fraction of sp³-hybridized carbons (Fsp3) is 0.467. The molecule has 4 rings (SSSR count). The zero-order valence-corrected chi connectivity index (χ0v) is 26.9. The Morgan fingerprint density at radius 1 is 0.761 bits per heavy atom. The van der Waals surface area contributed by atoms with Crippen LogP contribution in [0.3, 0.4) is 0 Å². The highest BCUT2D eigenvalue weighted by atomic mass is 36.0. The Morgan fingerprint density at radius 3 is 1.30 bits per heavy atom. The fourth-order valence-corrected chi connectivity index (χ4v) is 4.39. The second-order valence-electron chi connectivity index (χ2n) is 9.71. The minimum Gasteiger partial charge on any atom is -0.480 e. The Kier molecular flexibility index (Phi) is 20.2. The van der Waals surface area contributed by atoms with Gasteiger partial charge in [0, 0.05) is 53.9 Å². The Balaban J connectivity index is 0. The number of aliphatic carboxylic acids is 1. The molecule has 11 nitrogen and oxygen atoms in total. The molecule has 0 atom stereocenters. The molecule has 2 fully saturated rings. The Bertz CT molecular complexity index is 1260. The van der Waals surface area contributed by atoms with Gasteiger partial charge in [0.2, 0.25) is 9.23 Å². The Hall–Kier alpha value is -3.33. The number of hydrogen-bond donors (Lipinski definition) is 6. The molecule has 2 aliphatic rings. The van der Waals surface area contributed by atoms with Crippen LogP contribution in [0, 0.1) is 11.6 Å². The number of anilines is 2. The number of amides is 2. The summed E-state index contributed by atoms with van der Waals surface area (Å²) in [6.07, 6.45) is 4.38. The van der Waals surface area contributed by atoms with Crippen LogP contribution < -0.4 is 21.3 Å². The summed E-state index contributed by atoms with van der Waals surface area (Å²) < 4.78 is 36.6. The van der Waals surface area contributed by atoms with E-state index >= 15 is 0 Å². The van der Waals surface area contributed by atoms with Crippen LogP contribution in [0.2, 0.25) is 0 Å². The first kappa shape index (κ1) is 44.8. The van der Waals surface area contributed by atoms with Crippen LogP contribution in [0.4, 0.5) is 20.2 Å². The van der Waals surface area contributed by atoms with E-state index < -0.39 is 49.7 Å². The first-order chi connectivity index (χ1) is 20.7. The molecular formula is C30H44Cl2F2N4O7S. The molecule has 260 valence electrons. The molecule has 2 amide bonds. The molecule has 0 heterocycles. The molecule has 2 saturated carbocycles. The van der Waals surface area contributed by atoms with Crippen molar-refractivity contribution in [2.75, 3.05) is 31.8 Å². The average molecular weight is 714 g/mol. The maximum atomic E-state index is 13.8. The number of hydrogen-bond acceptors (Lipinski definition) is 8. The van der Waals surface area contributed by atoms with Crippen molar-refractivity contribution in [2.45, 2.75) is 71.4 Å². The number of carboxylic acid groups (broad SMARTS) is 1. The monoisotopic (exact) mass is 712 g/mol. The lowest BCUT2D eigenvalue weighted by atomic mass is 9.74. The molecular weight excluding hydrogens is 669 g/mol. The van der Waals surface area contributed by atoms with Crippen LogP contribution >= 0.6 is 21.4 Å². The van der Waals surface area contributed by atoms with Gasteiger partial charge in [-0.2, -0.15) is 0 Å². The van der Waals surface area contributed by atoms with Gasteiger partial charge in [-0.1, -0.05) is 14.9 Å². The first-order valence-corrected chi connectivity index (χ1v) is 16.0. The van der Waals surface area contributed by atoms with Gasteiger partial charge in [0.1, 0.15) is 17.2 Å². The Labute approximate surface area is 280 Å². The van der Waals surface area contributed by atoms with Crippen molar-refractivity contribution in [3.63, 3.8) is 0 Å². The number of Topliss-reactive ketones (excluding diaryl/α,β-unsaturated/α-hetero) is 1. The van der Waals surface area contributed by atoms with Gasteiger partial charge in [-0.25, -0.2) is 17.8 Å². The molecule has 0 radical (unpaired) electrons. The molecule has 0 saturated heterocycles. The van der Waals surface area contributed by atoms with Gasteiger partial charge in [-0.3, -0.25) is 14.4 Å². The van der Waals surface area contributed by atoms with E-state index in [2.05, 4.69) is 42.6 Å². The second-order valence-corrected chi connectivity index (χ2v) is 12.2. The third kappa shape index (κ3) is 12.1. The van der Waals surface area contributed by atoms with Crippen LogP contribution in [0.15, 0.2) is 36.4 Å². The number of rotatable bonds is 8. The highest BCUT2D eigenvalue weighted by molar-refractivity contribution is 8.26. The average Bonchev–Trinajstić information content (AvgIpc) is 2.92. The molecule has 0 bridgehead atoms. The van der Waals surface area contributed by atoms with Gasteiger partial charge in [0.25, 0.3) is 11.8 Å². The predicted molar refractivity (Wildman–Crippen MR) is 180 cm³/mol. The van der Waals surface area contributed by atoms with Crippen molar-refractivity contribution in [1.82, 2.24) is 10.6 Å². The quantitative estimate of drug-likeness (QED) is 0.189. The van der Waals surface area contributed by atoms with E-state index in [9.17, 15) is 33.1 Å². The highest BCUT2D eigenvalue weighted by Gasteiger charge is 2.44. The lowest BCUT2D eigenvalue weighted by Crippen LogP contribution is -2.52. The number of carboxylic acids is 1. The minimum atomic E-state index is -1.67. The number of carbonyl (C=O) groups excluding carboxylic acids is 3. The molecule has 2 aromatic carbocycles. The molecule has 0 aromatic heterocycles. The van der Waals surface area contributed by atoms with Gasteiger partial charge in [-0.15, -0.1) is 0 Å². The van der Waals surface area contributed by atoms with Crippen molar-refractivity contribution in [1.29, 1.82) is 0 Å². The van der Waals surface area contributed by atoms with Crippen molar-refractivity contribution < 1.29 is 42.4 Å². The second kappa shape index (κ2) is 20.7. The number of ketones is 1. The van der Waals surface area contributed by atoms with Gasteiger partial charge in [0.05, 0.1) is 16.7 Å². The third-order valence-electron chi connectivity index (χ3n) is 7.15. The standard InChI is InChI=1S/C14H17FN2O2.C13H15FN2O3.CH4O.2CH4.Cl2OS/c1-9(18)14(6-3-7-14)17-10-4-5-11(12(15)8-10)13(19)16-2;1-15-11(17)9-4-3-8(7-10(9)14)16-13(12(18)19)5-2-6-13;1-2;;;1-4(2)3/h4-5,8,17H,3,6-7H2,1-2H3,(H,16,19);3-4,7,16H,2,5-6H2,1H3,(H,15,17)(H,18,19);2H,1H3;2*1H4;. The molecule has 46 heavy (non-hydrogen) atoms. The number of halogens is 4. The van der Waals surface area contributed by atoms with Crippen LogP contribution in [-0.2, 0) is 18.8 Å². The summed E-state index contributed by atoms with van der Waals surface area (Å²) in [7, 11) is 11.2. The van der Waals surface area contributed by atoms with E-state index in [0.717, 1.165) is 38.9 Å². The molecule has 0 spiro atoms.